The number of halogens is 1. The second-order valence-corrected chi connectivity index (χ2v) is 5.74. The molecule has 4 nitrogen and oxygen atoms in total. The van der Waals surface area contributed by atoms with Gasteiger partial charge in [-0.2, -0.15) is 0 Å². The van der Waals surface area contributed by atoms with Gasteiger partial charge in [-0.3, -0.25) is 4.79 Å². The van der Waals surface area contributed by atoms with Crippen molar-refractivity contribution >= 4 is 29.2 Å². The van der Waals surface area contributed by atoms with Gasteiger partial charge in [-0.25, -0.2) is 4.79 Å². The fraction of sp³-hybridized carbons (Fsp3) is 0.222. The minimum Gasteiger partial charge on any atom is -0.457 e. The maximum Gasteiger partial charge on any atom is 0.340 e. The van der Waals surface area contributed by atoms with Gasteiger partial charge in [0.15, 0.2) is 0 Å². The number of amides is 1. The molecule has 1 aliphatic rings. The number of hydrogen-bond acceptors (Lipinski definition) is 3. The van der Waals surface area contributed by atoms with Gasteiger partial charge in [0.05, 0.1) is 11.3 Å². The molecule has 1 saturated heterocycles. The Kier molecular flexibility index (Phi) is 4.63. The zero-order valence-corrected chi connectivity index (χ0v) is 13.3. The van der Waals surface area contributed by atoms with Crippen LogP contribution in [0.3, 0.4) is 0 Å². The van der Waals surface area contributed by atoms with Crippen LogP contribution in [0.5, 0.6) is 0 Å². The lowest BCUT2D eigenvalue weighted by Crippen LogP contribution is -2.26. The summed E-state index contributed by atoms with van der Waals surface area (Å²) in [6, 6.07) is 14.2. The molecule has 2 aromatic rings. The van der Waals surface area contributed by atoms with E-state index in [-0.39, 0.29) is 12.5 Å². The van der Waals surface area contributed by atoms with Crippen LogP contribution in [-0.2, 0) is 16.1 Å². The Morgan fingerprint density at radius 1 is 1.13 bits per heavy atom. The van der Waals surface area contributed by atoms with Crippen molar-refractivity contribution in [3.8, 4) is 0 Å². The van der Waals surface area contributed by atoms with Crippen molar-refractivity contribution in [2.24, 2.45) is 0 Å². The second kappa shape index (κ2) is 6.84. The van der Waals surface area contributed by atoms with Gasteiger partial charge in [0.2, 0.25) is 5.91 Å². The predicted molar refractivity (Wildman–Crippen MR) is 88.6 cm³/mol. The smallest absolute Gasteiger partial charge is 0.340 e. The minimum absolute atomic E-state index is 0.0383. The number of carbonyl (C=O) groups is 2. The average Bonchev–Trinajstić information content (AvgIpc) is 3.00. The van der Waals surface area contributed by atoms with Gasteiger partial charge in [0.1, 0.15) is 6.61 Å². The van der Waals surface area contributed by atoms with Gasteiger partial charge in [-0.1, -0.05) is 41.9 Å². The van der Waals surface area contributed by atoms with Crippen molar-refractivity contribution in [2.75, 3.05) is 11.4 Å². The minimum atomic E-state index is -0.458. The van der Waals surface area contributed by atoms with E-state index >= 15 is 0 Å². The number of benzene rings is 2. The standard InChI is InChI=1S/C18H16ClNO3/c19-15-8-3-1-6-13(15)12-23-18(22)14-7-2-4-9-16(14)20-11-5-10-17(20)21/h1-4,6-9H,5,10-12H2. The van der Waals surface area contributed by atoms with Gasteiger partial charge in [0, 0.05) is 23.6 Å². The summed E-state index contributed by atoms with van der Waals surface area (Å²) in [5, 5.41) is 0.559. The summed E-state index contributed by atoms with van der Waals surface area (Å²) in [6.45, 7) is 0.731. The Balaban J connectivity index is 1.78. The molecule has 1 amide bonds. The molecule has 118 valence electrons. The lowest BCUT2D eigenvalue weighted by atomic mass is 10.1. The van der Waals surface area contributed by atoms with Crippen LogP contribution in [0, 0.1) is 0 Å². The molecule has 0 N–H and O–H groups in total. The number of esters is 1. The first-order valence-corrected chi connectivity index (χ1v) is 7.84. The molecule has 0 spiro atoms. The second-order valence-electron chi connectivity index (χ2n) is 5.33. The van der Waals surface area contributed by atoms with E-state index in [0.29, 0.717) is 29.2 Å². The van der Waals surface area contributed by atoms with Crippen LogP contribution in [-0.4, -0.2) is 18.4 Å². The molecule has 3 rings (SSSR count). The maximum atomic E-state index is 12.4. The Morgan fingerprint density at radius 2 is 1.87 bits per heavy atom. The van der Waals surface area contributed by atoms with Gasteiger partial charge < -0.3 is 9.64 Å². The first-order valence-electron chi connectivity index (χ1n) is 7.47. The van der Waals surface area contributed by atoms with Crippen LogP contribution in [0.15, 0.2) is 48.5 Å². The van der Waals surface area contributed by atoms with E-state index in [2.05, 4.69) is 0 Å². The monoisotopic (exact) mass is 329 g/mol. The third-order valence-electron chi connectivity index (χ3n) is 3.80. The van der Waals surface area contributed by atoms with E-state index in [9.17, 15) is 9.59 Å². The average molecular weight is 330 g/mol. The summed E-state index contributed by atoms with van der Waals surface area (Å²) in [6.07, 6.45) is 1.32. The number of nitrogens with zero attached hydrogens (tertiary/aromatic N) is 1. The summed E-state index contributed by atoms with van der Waals surface area (Å²) < 4.78 is 5.37. The van der Waals surface area contributed by atoms with E-state index in [1.807, 2.05) is 24.3 Å². The van der Waals surface area contributed by atoms with Crippen molar-refractivity contribution < 1.29 is 14.3 Å². The fourth-order valence-corrected chi connectivity index (χ4v) is 2.81. The number of para-hydroxylation sites is 1. The molecule has 0 saturated carbocycles. The summed E-state index contributed by atoms with van der Waals surface area (Å²) in [5.74, 6) is -0.420. The quantitative estimate of drug-likeness (QED) is 0.801. The van der Waals surface area contributed by atoms with Crippen LogP contribution in [0.4, 0.5) is 5.69 Å². The van der Waals surface area contributed by atoms with E-state index in [1.165, 1.54) is 0 Å². The first-order chi connectivity index (χ1) is 11.2. The van der Waals surface area contributed by atoms with E-state index in [0.717, 1.165) is 12.0 Å². The van der Waals surface area contributed by atoms with Crippen LogP contribution in [0.2, 0.25) is 5.02 Å². The fourth-order valence-electron chi connectivity index (χ4n) is 2.62. The van der Waals surface area contributed by atoms with Crippen LogP contribution < -0.4 is 4.90 Å². The summed E-state index contributed by atoms with van der Waals surface area (Å²) in [7, 11) is 0. The molecule has 0 unspecified atom stereocenters. The van der Waals surface area contributed by atoms with Crippen molar-refractivity contribution in [1.29, 1.82) is 0 Å². The zero-order chi connectivity index (χ0) is 16.2. The van der Waals surface area contributed by atoms with Gasteiger partial charge >= 0.3 is 5.97 Å². The number of hydrogen-bond donors (Lipinski definition) is 0. The van der Waals surface area contributed by atoms with E-state index in [1.54, 1.807) is 29.2 Å². The SMILES string of the molecule is O=C(OCc1ccccc1Cl)c1ccccc1N1CCCC1=O. The molecular weight excluding hydrogens is 314 g/mol. The Bertz CT molecular complexity index is 745. The number of anilines is 1. The number of ether oxygens (including phenoxy) is 1. The van der Waals surface area contributed by atoms with Gasteiger partial charge in [-0.15, -0.1) is 0 Å². The number of rotatable bonds is 4. The summed E-state index contributed by atoms with van der Waals surface area (Å²) >= 11 is 6.06. The Morgan fingerprint density at radius 3 is 2.61 bits per heavy atom. The molecule has 0 atom stereocenters. The number of carbonyl (C=O) groups excluding carboxylic acids is 2. The highest BCUT2D eigenvalue weighted by atomic mass is 35.5. The molecule has 1 heterocycles. The Labute approximate surface area is 139 Å². The highest BCUT2D eigenvalue weighted by Crippen LogP contribution is 2.26. The molecule has 23 heavy (non-hydrogen) atoms. The lowest BCUT2D eigenvalue weighted by molar-refractivity contribution is -0.117. The third-order valence-corrected chi connectivity index (χ3v) is 4.17. The molecule has 1 aliphatic heterocycles. The van der Waals surface area contributed by atoms with E-state index in [4.69, 9.17) is 16.3 Å². The highest BCUT2D eigenvalue weighted by Gasteiger charge is 2.26. The predicted octanol–water partition coefficient (Wildman–Crippen LogP) is 3.82. The highest BCUT2D eigenvalue weighted by molar-refractivity contribution is 6.31. The lowest BCUT2D eigenvalue weighted by Gasteiger charge is -2.19. The maximum absolute atomic E-state index is 12.4. The van der Waals surface area contributed by atoms with Crippen LogP contribution in [0.25, 0.3) is 0 Å². The van der Waals surface area contributed by atoms with Crippen molar-refractivity contribution in [2.45, 2.75) is 19.4 Å². The molecule has 0 radical (unpaired) electrons. The van der Waals surface area contributed by atoms with Gasteiger partial charge in [-0.05, 0) is 24.6 Å². The largest absolute Gasteiger partial charge is 0.457 e. The van der Waals surface area contributed by atoms with Crippen molar-refractivity contribution in [1.82, 2.24) is 0 Å². The van der Waals surface area contributed by atoms with Crippen molar-refractivity contribution in [3.05, 3.63) is 64.7 Å². The molecule has 0 bridgehead atoms. The van der Waals surface area contributed by atoms with Crippen molar-refractivity contribution in [3.63, 3.8) is 0 Å². The molecule has 0 aliphatic carbocycles. The van der Waals surface area contributed by atoms with Crippen LogP contribution in [0.1, 0.15) is 28.8 Å². The topological polar surface area (TPSA) is 46.6 Å². The summed E-state index contributed by atoms with van der Waals surface area (Å²) in [4.78, 5) is 26.0. The van der Waals surface area contributed by atoms with Gasteiger partial charge in [0.25, 0.3) is 0 Å². The molecule has 2 aromatic carbocycles. The zero-order valence-electron chi connectivity index (χ0n) is 12.5. The normalized spacial score (nSPS) is 14.1. The molecule has 1 fully saturated rings. The Hall–Kier alpha value is -2.33. The third kappa shape index (κ3) is 3.37. The van der Waals surface area contributed by atoms with Crippen LogP contribution >= 0.6 is 11.6 Å². The molecule has 0 aromatic heterocycles. The summed E-state index contributed by atoms with van der Waals surface area (Å²) in [5.41, 5.74) is 1.76. The van der Waals surface area contributed by atoms with E-state index < -0.39 is 5.97 Å². The molecular formula is C18H16ClNO3. The molecule has 5 heteroatoms. The first kappa shape index (κ1) is 15.6.